The van der Waals surface area contributed by atoms with E-state index in [1.807, 2.05) is 31.3 Å². The average Bonchev–Trinajstić information content (AvgIpc) is 3.48. The number of amides is 1. The van der Waals surface area contributed by atoms with Crippen molar-refractivity contribution in [3.63, 3.8) is 0 Å². The van der Waals surface area contributed by atoms with E-state index >= 15 is 0 Å². The molecular weight excluding hydrogens is 400 g/mol. The van der Waals surface area contributed by atoms with Crippen LogP contribution in [0.2, 0.25) is 0 Å². The highest BCUT2D eigenvalue weighted by molar-refractivity contribution is 6.01. The summed E-state index contributed by atoms with van der Waals surface area (Å²) in [4.78, 5) is 18.0. The number of benzene rings is 2. The minimum Gasteiger partial charge on any atom is -0.454 e. The predicted molar refractivity (Wildman–Crippen MR) is 127 cm³/mol. The minimum absolute atomic E-state index is 0. The summed E-state index contributed by atoms with van der Waals surface area (Å²) in [5.41, 5.74) is 6.19. The van der Waals surface area contributed by atoms with E-state index in [0.717, 1.165) is 40.8 Å². The summed E-state index contributed by atoms with van der Waals surface area (Å²) in [5, 5.41) is 3.11. The number of anilines is 1. The number of aromatic nitrogens is 1. The maximum atomic E-state index is 13.3. The van der Waals surface area contributed by atoms with Gasteiger partial charge < -0.3 is 14.8 Å². The zero-order valence-electron chi connectivity index (χ0n) is 19.0. The first kappa shape index (κ1) is 20.6. The Labute approximate surface area is 190 Å². The molecule has 0 bridgehead atoms. The highest BCUT2D eigenvalue weighted by Crippen LogP contribution is 2.51. The van der Waals surface area contributed by atoms with Crippen LogP contribution in [0.15, 0.2) is 48.7 Å². The lowest BCUT2D eigenvalue weighted by atomic mass is 9.90. The Kier molecular flexibility index (Phi) is 4.92. The quantitative estimate of drug-likeness (QED) is 0.529. The lowest BCUT2D eigenvalue weighted by Crippen LogP contribution is -2.28. The lowest BCUT2D eigenvalue weighted by molar-refractivity contribution is -0.118. The Morgan fingerprint density at radius 2 is 1.78 bits per heavy atom. The molecule has 2 heterocycles. The fourth-order valence-corrected chi connectivity index (χ4v) is 4.54. The number of fused-ring (bicyclic) bond motifs is 1. The molecule has 1 aromatic heterocycles. The number of nitrogens with one attached hydrogen (secondary N) is 1. The molecule has 1 amide bonds. The summed E-state index contributed by atoms with van der Waals surface area (Å²) >= 11 is 0. The third-order valence-electron chi connectivity index (χ3n) is 6.86. The lowest BCUT2D eigenvalue weighted by Gasteiger charge is -2.20. The van der Waals surface area contributed by atoms with Crippen molar-refractivity contribution in [1.29, 1.82) is 0 Å². The monoisotopic (exact) mass is 430 g/mol. The summed E-state index contributed by atoms with van der Waals surface area (Å²) in [6, 6.07) is 14.3. The summed E-state index contributed by atoms with van der Waals surface area (Å²) in [6.45, 7) is 8.76. The Balaban J connectivity index is 0.00000259. The van der Waals surface area contributed by atoms with Gasteiger partial charge in [0.2, 0.25) is 12.7 Å². The van der Waals surface area contributed by atoms with E-state index in [9.17, 15) is 4.79 Å². The van der Waals surface area contributed by atoms with Crippen LogP contribution in [0.4, 0.5) is 5.82 Å². The zero-order valence-corrected chi connectivity index (χ0v) is 19.0. The van der Waals surface area contributed by atoms with Crippen molar-refractivity contribution < 1.29 is 15.7 Å². The molecule has 0 radical (unpaired) electrons. The van der Waals surface area contributed by atoms with E-state index in [1.165, 1.54) is 11.1 Å². The second kappa shape index (κ2) is 7.66. The van der Waals surface area contributed by atoms with Gasteiger partial charge in [-0.2, -0.15) is 0 Å². The average molecular weight is 431 g/mol. The van der Waals surface area contributed by atoms with Crippen LogP contribution in [-0.4, -0.2) is 17.7 Å². The molecule has 1 fully saturated rings. The molecule has 0 unspecified atom stereocenters. The second-order valence-electron chi connectivity index (χ2n) is 9.12. The molecule has 5 rings (SSSR count). The third kappa shape index (κ3) is 3.32. The molecular formula is C27H30N2O3. The van der Waals surface area contributed by atoms with E-state index in [4.69, 9.17) is 9.47 Å². The van der Waals surface area contributed by atoms with Gasteiger partial charge in [0, 0.05) is 13.2 Å². The minimum atomic E-state index is -0.522. The van der Waals surface area contributed by atoms with Crippen molar-refractivity contribution in [2.75, 3.05) is 12.1 Å². The van der Waals surface area contributed by atoms with Crippen molar-refractivity contribution in [2.45, 2.75) is 51.9 Å². The fraction of sp³-hybridized carbons (Fsp3) is 0.333. The summed E-state index contributed by atoms with van der Waals surface area (Å²) in [5.74, 6) is 2.48. The van der Waals surface area contributed by atoms with Gasteiger partial charge in [0.25, 0.3) is 0 Å². The molecule has 1 N–H and O–H groups in total. The zero-order chi connectivity index (χ0) is 22.5. The SMILES string of the molecule is Cc1c(-c2ccccc2C(C)C)cnc(NC(=O)C2(c3ccc4c(c3)OCO4)CC2)c1C.[HH]. The van der Waals surface area contributed by atoms with Crippen LogP contribution in [0, 0.1) is 13.8 Å². The smallest absolute Gasteiger partial charge is 0.236 e. The Morgan fingerprint density at radius 3 is 2.53 bits per heavy atom. The van der Waals surface area contributed by atoms with Crippen LogP contribution in [0.25, 0.3) is 11.1 Å². The van der Waals surface area contributed by atoms with Gasteiger partial charge in [-0.3, -0.25) is 4.79 Å². The van der Waals surface area contributed by atoms with Gasteiger partial charge in [0.1, 0.15) is 5.82 Å². The number of hydrogen-bond donors (Lipinski definition) is 1. The predicted octanol–water partition coefficient (Wildman–Crippen LogP) is 6.13. The third-order valence-corrected chi connectivity index (χ3v) is 6.86. The normalized spacial score (nSPS) is 15.7. The maximum Gasteiger partial charge on any atom is 0.236 e. The molecule has 1 aliphatic heterocycles. The first-order valence-electron chi connectivity index (χ1n) is 11.2. The van der Waals surface area contributed by atoms with Crippen LogP contribution >= 0.6 is 0 Å². The summed E-state index contributed by atoms with van der Waals surface area (Å²) < 4.78 is 10.9. The molecule has 1 saturated carbocycles. The first-order valence-corrected chi connectivity index (χ1v) is 11.2. The molecule has 2 aromatic carbocycles. The maximum absolute atomic E-state index is 13.3. The number of carbonyl (C=O) groups is 1. The van der Waals surface area contributed by atoms with Crippen molar-refractivity contribution in [3.05, 3.63) is 70.9 Å². The Hall–Kier alpha value is -3.34. The van der Waals surface area contributed by atoms with Crippen molar-refractivity contribution in [3.8, 4) is 22.6 Å². The topological polar surface area (TPSA) is 60.5 Å². The van der Waals surface area contributed by atoms with Gasteiger partial charge in [0.05, 0.1) is 5.41 Å². The fourth-order valence-electron chi connectivity index (χ4n) is 4.54. The van der Waals surface area contributed by atoms with E-state index in [2.05, 4.69) is 55.3 Å². The summed E-state index contributed by atoms with van der Waals surface area (Å²) in [7, 11) is 0. The molecule has 1 aliphatic carbocycles. The van der Waals surface area contributed by atoms with Gasteiger partial charge in [-0.05, 0) is 72.6 Å². The van der Waals surface area contributed by atoms with Gasteiger partial charge >= 0.3 is 0 Å². The molecule has 3 aromatic rings. The van der Waals surface area contributed by atoms with Gasteiger partial charge in [0.15, 0.2) is 11.5 Å². The molecule has 5 nitrogen and oxygen atoms in total. The van der Waals surface area contributed by atoms with E-state index < -0.39 is 5.41 Å². The van der Waals surface area contributed by atoms with Crippen LogP contribution in [0.5, 0.6) is 11.5 Å². The van der Waals surface area contributed by atoms with E-state index in [1.54, 1.807) is 0 Å². The number of carbonyl (C=O) groups excluding carboxylic acids is 1. The van der Waals surface area contributed by atoms with Crippen LogP contribution in [0.1, 0.15) is 56.3 Å². The van der Waals surface area contributed by atoms with Gasteiger partial charge in [-0.15, -0.1) is 0 Å². The van der Waals surface area contributed by atoms with Gasteiger partial charge in [-0.1, -0.05) is 44.2 Å². The number of rotatable bonds is 5. The van der Waals surface area contributed by atoms with E-state index in [0.29, 0.717) is 17.5 Å². The van der Waals surface area contributed by atoms with Crippen LogP contribution in [-0.2, 0) is 10.2 Å². The first-order chi connectivity index (χ1) is 15.4. The molecule has 0 atom stereocenters. The van der Waals surface area contributed by atoms with Crippen molar-refractivity contribution >= 4 is 11.7 Å². The number of ether oxygens (including phenoxy) is 2. The summed E-state index contributed by atoms with van der Waals surface area (Å²) in [6.07, 6.45) is 3.52. The molecule has 2 aliphatic rings. The molecule has 166 valence electrons. The molecule has 0 spiro atoms. The molecule has 32 heavy (non-hydrogen) atoms. The van der Waals surface area contributed by atoms with Crippen molar-refractivity contribution in [1.82, 2.24) is 4.98 Å². The second-order valence-corrected chi connectivity index (χ2v) is 9.12. The standard InChI is InChI=1S/C27H28N2O3.H2/c1-16(2)20-7-5-6-8-21(20)22-14-28-25(18(4)17(22)3)29-26(30)27(11-12-27)19-9-10-23-24(13-19)32-15-31-23;/h5-10,13-14,16H,11-12,15H2,1-4H3,(H,28,29,30);1H. The Bertz CT molecular complexity index is 1220. The number of nitrogens with zero attached hydrogens (tertiary/aromatic N) is 1. The van der Waals surface area contributed by atoms with Crippen LogP contribution < -0.4 is 14.8 Å². The number of pyridine rings is 1. The molecule has 5 heteroatoms. The largest absolute Gasteiger partial charge is 0.454 e. The van der Waals surface area contributed by atoms with Crippen molar-refractivity contribution in [2.24, 2.45) is 0 Å². The molecule has 0 saturated heterocycles. The van der Waals surface area contributed by atoms with Gasteiger partial charge in [-0.25, -0.2) is 4.98 Å². The number of hydrogen-bond acceptors (Lipinski definition) is 4. The highest BCUT2D eigenvalue weighted by atomic mass is 16.7. The van der Waals surface area contributed by atoms with Crippen LogP contribution in [0.3, 0.4) is 0 Å². The Morgan fingerprint density at radius 1 is 1.03 bits per heavy atom. The highest BCUT2D eigenvalue weighted by Gasteiger charge is 2.52. The van der Waals surface area contributed by atoms with E-state index in [-0.39, 0.29) is 14.1 Å².